The van der Waals surface area contributed by atoms with Gasteiger partial charge < -0.3 is 10.2 Å². The van der Waals surface area contributed by atoms with Crippen LogP contribution in [-0.4, -0.2) is 16.2 Å². The maximum Gasteiger partial charge on any atom is 0.310 e. The van der Waals surface area contributed by atoms with Gasteiger partial charge in [0.15, 0.2) is 11.6 Å². The van der Waals surface area contributed by atoms with Gasteiger partial charge >= 0.3 is 5.97 Å². The average Bonchev–Trinajstić information content (AvgIpc) is 2.09. The molecule has 76 valence electrons. The highest BCUT2D eigenvalue weighted by Crippen LogP contribution is 2.29. The molecule has 0 aliphatic carbocycles. The van der Waals surface area contributed by atoms with Crippen LogP contribution in [0.5, 0.6) is 5.75 Å². The molecular formula is C9H8F2O3. The number of carboxylic acid groups (broad SMARTS) is 1. The first kappa shape index (κ1) is 10.4. The van der Waals surface area contributed by atoms with E-state index >= 15 is 0 Å². The van der Waals surface area contributed by atoms with E-state index in [1.165, 1.54) is 6.92 Å². The Morgan fingerprint density at radius 1 is 1.43 bits per heavy atom. The van der Waals surface area contributed by atoms with Crippen LogP contribution in [-0.2, 0) is 4.79 Å². The van der Waals surface area contributed by atoms with Gasteiger partial charge in [-0.25, -0.2) is 8.78 Å². The fourth-order valence-electron chi connectivity index (χ4n) is 1.05. The van der Waals surface area contributed by atoms with Gasteiger partial charge in [0.25, 0.3) is 0 Å². The number of carboxylic acids is 1. The number of aromatic hydroxyl groups is 1. The number of halogens is 2. The molecule has 14 heavy (non-hydrogen) atoms. The Balaban J connectivity index is 3.26. The lowest BCUT2D eigenvalue weighted by Gasteiger charge is -2.09. The summed E-state index contributed by atoms with van der Waals surface area (Å²) in [5, 5.41) is 17.7. The van der Waals surface area contributed by atoms with Gasteiger partial charge in [0.05, 0.1) is 5.92 Å². The quantitative estimate of drug-likeness (QED) is 0.769. The smallest absolute Gasteiger partial charge is 0.310 e. The summed E-state index contributed by atoms with van der Waals surface area (Å²) in [6, 6.07) is 1.30. The normalized spacial score (nSPS) is 12.5. The molecule has 0 aromatic heterocycles. The van der Waals surface area contributed by atoms with Gasteiger partial charge in [-0.05, 0) is 13.0 Å². The number of hydrogen-bond acceptors (Lipinski definition) is 2. The van der Waals surface area contributed by atoms with Crippen LogP contribution in [0.25, 0.3) is 0 Å². The van der Waals surface area contributed by atoms with Gasteiger partial charge in [-0.3, -0.25) is 4.79 Å². The Labute approximate surface area is 78.6 Å². The number of phenolic OH excluding ortho intramolecular Hbond substituents is 1. The Morgan fingerprint density at radius 2 is 2.00 bits per heavy atom. The Kier molecular flexibility index (Phi) is 2.69. The van der Waals surface area contributed by atoms with Crippen molar-refractivity contribution in [2.24, 2.45) is 0 Å². The molecule has 0 bridgehead atoms. The molecule has 1 aromatic carbocycles. The van der Waals surface area contributed by atoms with Crippen molar-refractivity contribution in [1.29, 1.82) is 0 Å². The fraction of sp³-hybridized carbons (Fsp3) is 0.222. The van der Waals surface area contributed by atoms with E-state index in [-0.39, 0.29) is 5.56 Å². The monoisotopic (exact) mass is 202 g/mol. The summed E-state index contributed by atoms with van der Waals surface area (Å²) >= 11 is 0. The van der Waals surface area contributed by atoms with Crippen molar-refractivity contribution in [3.8, 4) is 5.75 Å². The van der Waals surface area contributed by atoms with Crippen LogP contribution in [0.1, 0.15) is 18.4 Å². The number of hydrogen-bond donors (Lipinski definition) is 2. The van der Waals surface area contributed by atoms with E-state index in [9.17, 15) is 13.6 Å². The summed E-state index contributed by atoms with van der Waals surface area (Å²) in [5.74, 6) is -5.30. The molecular weight excluding hydrogens is 194 g/mol. The van der Waals surface area contributed by atoms with Crippen molar-refractivity contribution in [3.63, 3.8) is 0 Å². The Hall–Kier alpha value is -1.65. The predicted molar refractivity (Wildman–Crippen MR) is 44.1 cm³/mol. The van der Waals surface area contributed by atoms with E-state index < -0.39 is 29.3 Å². The molecule has 1 atom stereocenters. The second-order valence-electron chi connectivity index (χ2n) is 2.89. The van der Waals surface area contributed by atoms with Crippen LogP contribution in [0.3, 0.4) is 0 Å². The van der Waals surface area contributed by atoms with Crippen LogP contribution in [0, 0.1) is 11.6 Å². The molecule has 2 N–H and O–H groups in total. The number of carbonyl (C=O) groups is 1. The van der Waals surface area contributed by atoms with E-state index in [0.717, 1.165) is 6.07 Å². The van der Waals surface area contributed by atoms with Crippen LogP contribution >= 0.6 is 0 Å². The number of benzene rings is 1. The molecule has 0 aliphatic heterocycles. The SMILES string of the molecule is CC(C(=O)O)c1cc(F)cc(F)c1O. The van der Waals surface area contributed by atoms with Gasteiger partial charge in [0.1, 0.15) is 5.82 Å². The van der Waals surface area contributed by atoms with Crippen molar-refractivity contribution in [2.75, 3.05) is 0 Å². The van der Waals surface area contributed by atoms with Crippen molar-refractivity contribution < 1.29 is 23.8 Å². The molecule has 0 spiro atoms. The van der Waals surface area contributed by atoms with E-state index in [0.29, 0.717) is 6.07 Å². The van der Waals surface area contributed by atoms with Crippen molar-refractivity contribution in [3.05, 3.63) is 29.3 Å². The molecule has 0 heterocycles. The van der Waals surface area contributed by atoms with E-state index in [1.807, 2.05) is 0 Å². The molecule has 0 fully saturated rings. The van der Waals surface area contributed by atoms with E-state index in [1.54, 1.807) is 0 Å². The minimum Gasteiger partial charge on any atom is -0.505 e. The maximum absolute atomic E-state index is 12.8. The average molecular weight is 202 g/mol. The van der Waals surface area contributed by atoms with Crippen molar-refractivity contribution in [1.82, 2.24) is 0 Å². The zero-order valence-corrected chi connectivity index (χ0v) is 7.29. The molecule has 1 rings (SSSR count). The highest BCUT2D eigenvalue weighted by Gasteiger charge is 2.20. The minimum absolute atomic E-state index is 0.269. The second-order valence-corrected chi connectivity index (χ2v) is 2.89. The van der Waals surface area contributed by atoms with Gasteiger partial charge in [0, 0.05) is 11.6 Å². The Bertz CT molecular complexity index is 377. The molecule has 0 radical (unpaired) electrons. The molecule has 5 heteroatoms. The van der Waals surface area contributed by atoms with Gasteiger partial charge in [-0.2, -0.15) is 0 Å². The molecule has 0 saturated carbocycles. The molecule has 1 aromatic rings. The first-order valence-electron chi connectivity index (χ1n) is 3.84. The first-order chi connectivity index (χ1) is 6.43. The van der Waals surface area contributed by atoms with Crippen LogP contribution in [0.2, 0.25) is 0 Å². The van der Waals surface area contributed by atoms with Gasteiger partial charge in [-0.15, -0.1) is 0 Å². The number of aliphatic carboxylic acids is 1. The number of phenols is 1. The third kappa shape index (κ3) is 1.81. The van der Waals surface area contributed by atoms with Crippen LogP contribution in [0.15, 0.2) is 12.1 Å². The summed E-state index contributed by atoms with van der Waals surface area (Å²) < 4.78 is 25.5. The zero-order valence-electron chi connectivity index (χ0n) is 7.29. The van der Waals surface area contributed by atoms with Crippen molar-refractivity contribution in [2.45, 2.75) is 12.8 Å². The summed E-state index contributed by atoms with van der Waals surface area (Å²) in [5.41, 5.74) is -0.269. The fourth-order valence-corrected chi connectivity index (χ4v) is 1.05. The number of rotatable bonds is 2. The van der Waals surface area contributed by atoms with Gasteiger partial charge in [0.2, 0.25) is 0 Å². The lowest BCUT2D eigenvalue weighted by molar-refractivity contribution is -0.138. The standard InChI is InChI=1S/C9H8F2O3/c1-4(9(13)14)6-2-5(10)3-7(11)8(6)12/h2-4,12H,1H3,(H,13,14). The molecule has 0 amide bonds. The topological polar surface area (TPSA) is 57.5 Å². The van der Waals surface area contributed by atoms with Crippen molar-refractivity contribution >= 4 is 5.97 Å². The van der Waals surface area contributed by atoms with E-state index in [4.69, 9.17) is 10.2 Å². The first-order valence-corrected chi connectivity index (χ1v) is 3.84. The molecule has 0 saturated heterocycles. The lowest BCUT2D eigenvalue weighted by atomic mass is 10.00. The molecule has 3 nitrogen and oxygen atoms in total. The zero-order chi connectivity index (χ0) is 10.9. The maximum atomic E-state index is 12.8. The van der Waals surface area contributed by atoms with Gasteiger partial charge in [-0.1, -0.05) is 0 Å². The summed E-state index contributed by atoms with van der Waals surface area (Å²) in [6.45, 7) is 1.23. The van der Waals surface area contributed by atoms with E-state index in [2.05, 4.69) is 0 Å². The lowest BCUT2D eigenvalue weighted by Crippen LogP contribution is -2.08. The summed E-state index contributed by atoms with van der Waals surface area (Å²) in [7, 11) is 0. The minimum atomic E-state index is -1.26. The predicted octanol–water partition coefficient (Wildman–Crippen LogP) is 1.86. The summed E-state index contributed by atoms with van der Waals surface area (Å²) in [6.07, 6.45) is 0. The van der Waals surface area contributed by atoms with Crippen LogP contribution in [0.4, 0.5) is 8.78 Å². The largest absolute Gasteiger partial charge is 0.505 e. The third-order valence-corrected chi connectivity index (χ3v) is 1.89. The second kappa shape index (κ2) is 3.61. The molecule has 1 unspecified atom stereocenters. The van der Waals surface area contributed by atoms with Crippen LogP contribution < -0.4 is 0 Å². The Morgan fingerprint density at radius 3 is 2.50 bits per heavy atom. The molecule has 0 aliphatic rings. The third-order valence-electron chi connectivity index (χ3n) is 1.89. The highest BCUT2D eigenvalue weighted by atomic mass is 19.1. The summed E-state index contributed by atoms with van der Waals surface area (Å²) in [4.78, 5) is 10.5. The highest BCUT2D eigenvalue weighted by molar-refractivity contribution is 5.76.